The zero-order valence-electron chi connectivity index (χ0n) is 14.2. The molecule has 2 aromatic carbocycles. The van der Waals surface area contributed by atoms with Gasteiger partial charge in [-0.05, 0) is 23.1 Å². The van der Waals surface area contributed by atoms with Gasteiger partial charge in [-0.1, -0.05) is 48.5 Å². The minimum atomic E-state index is -1.13. The molecule has 1 heterocycles. The molecule has 26 heavy (non-hydrogen) atoms. The SMILES string of the molecule is NCC(=O)O.O=C([O-])c1ccccc1.O=c1ccc2ccccc2[nH]1.[Na+]. The molecule has 3 aromatic rings. The predicted octanol–water partition coefficient (Wildman–Crippen LogP) is -2.39. The average Bonchev–Trinajstić information content (AvgIpc) is 2.63. The Morgan fingerprint density at radius 2 is 1.50 bits per heavy atom. The summed E-state index contributed by atoms with van der Waals surface area (Å²) >= 11 is 0. The van der Waals surface area contributed by atoms with Gasteiger partial charge in [0.05, 0.1) is 12.5 Å². The minimum Gasteiger partial charge on any atom is -0.545 e. The van der Waals surface area contributed by atoms with Gasteiger partial charge in [-0.25, -0.2) is 0 Å². The van der Waals surface area contributed by atoms with Crippen molar-refractivity contribution in [2.45, 2.75) is 0 Å². The van der Waals surface area contributed by atoms with E-state index in [2.05, 4.69) is 10.7 Å². The van der Waals surface area contributed by atoms with Crippen molar-refractivity contribution in [1.29, 1.82) is 0 Å². The number of nitrogens with two attached hydrogens (primary N) is 1. The fourth-order valence-electron chi connectivity index (χ4n) is 1.67. The maximum atomic E-state index is 10.8. The normalized spacial score (nSPS) is 8.81. The van der Waals surface area contributed by atoms with Gasteiger partial charge in [0.25, 0.3) is 0 Å². The van der Waals surface area contributed by atoms with E-state index >= 15 is 0 Å². The molecule has 1 aromatic heterocycles. The zero-order chi connectivity index (χ0) is 18.7. The largest absolute Gasteiger partial charge is 1.00 e. The topological polar surface area (TPSA) is 136 Å². The Hall–Kier alpha value is -2.45. The van der Waals surface area contributed by atoms with Crippen LogP contribution in [0, 0.1) is 0 Å². The van der Waals surface area contributed by atoms with Gasteiger partial charge in [-0.15, -0.1) is 0 Å². The summed E-state index contributed by atoms with van der Waals surface area (Å²) in [6, 6.07) is 19.1. The number of aromatic amines is 1. The van der Waals surface area contributed by atoms with Gasteiger partial charge in [0.2, 0.25) is 5.56 Å². The van der Waals surface area contributed by atoms with Crippen LogP contribution in [0.15, 0.2) is 71.5 Å². The first kappa shape index (κ1) is 23.5. The first-order chi connectivity index (χ1) is 11.9. The monoisotopic (exact) mass is 364 g/mol. The summed E-state index contributed by atoms with van der Waals surface area (Å²) in [5.74, 6) is -2.10. The number of nitrogens with one attached hydrogen (secondary N) is 1. The maximum Gasteiger partial charge on any atom is 1.00 e. The number of rotatable bonds is 2. The molecule has 4 N–H and O–H groups in total. The van der Waals surface area contributed by atoms with Crippen LogP contribution in [0.2, 0.25) is 0 Å². The Labute approximate surface area is 171 Å². The summed E-state index contributed by atoms with van der Waals surface area (Å²) in [7, 11) is 0. The van der Waals surface area contributed by atoms with Gasteiger partial charge in [-0.2, -0.15) is 0 Å². The minimum absolute atomic E-state index is 0. The molecule has 0 saturated heterocycles. The molecular weight excluding hydrogens is 347 g/mol. The molecule has 8 heteroatoms. The van der Waals surface area contributed by atoms with E-state index in [0.29, 0.717) is 0 Å². The second-order valence-electron chi connectivity index (χ2n) is 4.66. The summed E-state index contributed by atoms with van der Waals surface area (Å²) in [5, 5.41) is 18.7. The number of carbonyl (C=O) groups excluding carboxylic acids is 1. The van der Waals surface area contributed by atoms with Crippen LogP contribution in [-0.2, 0) is 4.79 Å². The van der Waals surface area contributed by atoms with E-state index in [1.807, 2.05) is 30.3 Å². The number of carboxylic acids is 2. The first-order valence-electron chi connectivity index (χ1n) is 7.20. The molecule has 0 aliphatic rings. The Bertz CT molecular complexity index is 881. The fourth-order valence-corrected chi connectivity index (χ4v) is 1.67. The molecular formula is C18H17N2NaO5. The standard InChI is InChI=1S/C9H7NO.C7H6O2.C2H5NO2.Na/c11-9-6-5-7-3-1-2-4-8(7)10-9;8-7(9)6-4-2-1-3-5-6;3-1-2(4)5;/h1-6H,(H,10,11);1-5H,(H,8,9);1,3H2,(H,4,5);/q;;;+1/p-1. The Balaban J connectivity index is 0.000000380. The van der Waals surface area contributed by atoms with Crippen LogP contribution < -0.4 is 46.0 Å². The van der Waals surface area contributed by atoms with Gasteiger partial charge in [0, 0.05) is 11.6 Å². The summed E-state index contributed by atoms with van der Waals surface area (Å²) in [4.78, 5) is 32.9. The summed E-state index contributed by atoms with van der Waals surface area (Å²) in [5.41, 5.74) is 5.63. The second-order valence-corrected chi connectivity index (χ2v) is 4.66. The average molecular weight is 364 g/mol. The summed E-state index contributed by atoms with van der Waals surface area (Å²) < 4.78 is 0. The van der Waals surface area contributed by atoms with E-state index in [1.165, 1.54) is 18.2 Å². The number of aromatic nitrogens is 1. The molecule has 0 atom stereocenters. The molecule has 0 radical (unpaired) electrons. The third kappa shape index (κ3) is 9.14. The number of carboxylic acid groups (broad SMARTS) is 2. The molecule has 0 saturated carbocycles. The number of para-hydroxylation sites is 1. The van der Waals surface area contributed by atoms with Crippen LogP contribution in [0.5, 0.6) is 0 Å². The van der Waals surface area contributed by atoms with Crippen LogP contribution in [0.4, 0.5) is 0 Å². The number of H-pyrrole nitrogens is 1. The first-order valence-corrected chi connectivity index (χ1v) is 7.20. The number of fused-ring (bicyclic) bond motifs is 1. The molecule has 3 rings (SSSR count). The Kier molecular flexibility index (Phi) is 11.6. The molecule has 130 valence electrons. The van der Waals surface area contributed by atoms with Crippen molar-refractivity contribution < 1.29 is 49.4 Å². The molecule has 0 unspecified atom stereocenters. The molecule has 0 spiro atoms. The molecule has 0 amide bonds. The van der Waals surface area contributed by atoms with Gasteiger partial charge in [0.1, 0.15) is 0 Å². The van der Waals surface area contributed by atoms with Gasteiger partial charge in [0.15, 0.2) is 0 Å². The third-order valence-corrected chi connectivity index (χ3v) is 2.82. The van der Waals surface area contributed by atoms with Crippen molar-refractivity contribution in [3.05, 3.63) is 82.6 Å². The second kappa shape index (κ2) is 12.8. The molecule has 0 fully saturated rings. The quantitative estimate of drug-likeness (QED) is 0.434. The fraction of sp³-hybridized carbons (Fsp3) is 0.0556. The van der Waals surface area contributed by atoms with Gasteiger partial charge >= 0.3 is 35.5 Å². The van der Waals surface area contributed by atoms with Crippen LogP contribution in [0.25, 0.3) is 10.9 Å². The maximum absolute atomic E-state index is 10.8. The van der Waals surface area contributed by atoms with Crippen molar-refractivity contribution in [3.63, 3.8) is 0 Å². The number of aromatic carboxylic acids is 1. The Morgan fingerprint density at radius 1 is 0.962 bits per heavy atom. The van der Waals surface area contributed by atoms with Crippen LogP contribution >= 0.6 is 0 Å². The van der Waals surface area contributed by atoms with E-state index < -0.39 is 11.9 Å². The van der Waals surface area contributed by atoms with Crippen molar-refractivity contribution in [1.82, 2.24) is 4.98 Å². The van der Waals surface area contributed by atoms with Crippen LogP contribution in [0.1, 0.15) is 10.4 Å². The van der Waals surface area contributed by atoms with Crippen molar-refractivity contribution in [2.75, 3.05) is 6.54 Å². The van der Waals surface area contributed by atoms with E-state index in [1.54, 1.807) is 18.2 Å². The number of hydrogen-bond donors (Lipinski definition) is 3. The van der Waals surface area contributed by atoms with E-state index in [9.17, 15) is 19.5 Å². The molecule has 7 nitrogen and oxygen atoms in total. The number of benzene rings is 2. The Morgan fingerprint density at radius 3 is 2.00 bits per heavy atom. The number of carbonyl (C=O) groups is 2. The zero-order valence-corrected chi connectivity index (χ0v) is 16.2. The molecule has 0 aliphatic heterocycles. The summed E-state index contributed by atoms with van der Waals surface area (Å²) in [6.07, 6.45) is 0. The number of aliphatic carboxylic acids is 1. The number of hydrogen-bond acceptors (Lipinski definition) is 5. The molecule has 0 aliphatic carbocycles. The third-order valence-electron chi connectivity index (χ3n) is 2.82. The van der Waals surface area contributed by atoms with Crippen molar-refractivity contribution in [2.24, 2.45) is 5.73 Å². The van der Waals surface area contributed by atoms with Crippen LogP contribution in [-0.4, -0.2) is 28.6 Å². The summed E-state index contributed by atoms with van der Waals surface area (Å²) in [6.45, 7) is -0.278. The van der Waals surface area contributed by atoms with E-state index in [0.717, 1.165) is 10.9 Å². The van der Waals surface area contributed by atoms with Crippen LogP contribution in [0.3, 0.4) is 0 Å². The number of pyridine rings is 1. The predicted molar refractivity (Wildman–Crippen MR) is 92.0 cm³/mol. The van der Waals surface area contributed by atoms with E-state index in [4.69, 9.17) is 5.11 Å². The van der Waals surface area contributed by atoms with Crippen molar-refractivity contribution >= 4 is 22.8 Å². The van der Waals surface area contributed by atoms with Gasteiger partial charge in [-0.3, -0.25) is 9.59 Å². The van der Waals surface area contributed by atoms with Crippen molar-refractivity contribution in [3.8, 4) is 0 Å². The van der Waals surface area contributed by atoms with Gasteiger partial charge < -0.3 is 25.7 Å². The van der Waals surface area contributed by atoms with E-state index in [-0.39, 0.29) is 47.2 Å². The smallest absolute Gasteiger partial charge is 0.545 e. The molecule has 0 bridgehead atoms.